The van der Waals surface area contributed by atoms with Crippen LogP contribution >= 0.6 is 0 Å². The predicted molar refractivity (Wildman–Crippen MR) is 113 cm³/mol. The highest BCUT2D eigenvalue weighted by molar-refractivity contribution is 6.46. The number of amides is 1. The summed E-state index contributed by atoms with van der Waals surface area (Å²) in [5, 5.41) is 11.0. The third kappa shape index (κ3) is 4.26. The van der Waals surface area contributed by atoms with Crippen LogP contribution < -0.4 is 9.47 Å². The molecule has 0 unspecified atom stereocenters. The van der Waals surface area contributed by atoms with Gasteiger partial charge in [-0.1, -0.05) is 36.4 Å². The Hall–Kier alpha value is -3.36. The summed E-state index contributed by atoms with van der Waals surface area (Å²) >= 11 is 0. The highest BCUT2D eigenvalue weighted by atomic mass is 16.7. The van der Waals surface area contributed by atoms with E-state index < -0.39 is 24.0 Å². The first-order valence-corrected chi connectivity index (χ1v) is 9.58. The van der Waals surface area contributed by atoms with Gasteiger partial charge < -0.3 is 29.0 Å². The number of benzene rings is 2. The summed E-state index contributed by atoms with van der Waals surface area (Å²) in [5.74, 6) is -0.866. The van der Waals surface area contributed by atoms with Crippen molar-refractivity contribution in [2.24, 2.45) is 0 Å². The first-order valence-electron chi connectivity index (χ1n) is 9.58. The summed E-state index contributed by atoms with van der Waals surface area (Å²) in [7, 11) is 5.90. The van der Waals surface area contributed by atoms with Crippen LogP contribution in [0.1, 0.15) is 17.2 Å². The number of ketones is 1. The van der Waals surface area contributed by atoms with Crippen LogP contribution in [0, 0.1) is 0 Å². The Labute approximate surface area is 180 Å². The van der Waals surface area contributed by atoms with Crippen molar-refractivity contribution in [1.29, 1.82) is 0 Å². The Balaban J connectivity index is 2.19. The number of hydrogen-bond donors (Lipinski definition) is 1. The van der Waals surface area contributed by atoms with Crippen molar-refractivity contribution in [3.8, 4) is 11.5 Å². The van der Waals surface area contributed by atoms with Gasteiger partial charge in [0.25, 0.3) is 11.7 Å². The minimum absolute atomic E-state index is 0.0118. The summed E-state index contributed by atoms with van der Waals surface area (Å²) in [6, 6.07) is 12.8. The Kier molecular flexibility index (Phi) is 6.94. The number of rotatable bonds is 8. The van der Waals surface area contributed by atoms with E-state index in [1.54, 1.807) is 48.5 Å². The van der Waals surface area contributed by atoms with Crippen molar-refractivity contribution >= 4 is 17.4 Å². The third-order valence-corrected chi connectivity index (χ3v) is 5.18. The molecule has 0 aromatic heterocycles. The van der Waals surface area contributed by atoms with Gasteiger partial charge in [0.2, 0.25) is 0 Å². The molecule has 2 aromatic rings. The second-order valence-corrected chi connectivity index (χ2v) is 6.83. The quantitative estimate of drug-likeness (QED) is 0.300. The van der Waals surface area contributed by atoms with E-state index in [0.29, 0.717) is 22.6 Å². The van der Waals surface area contributed by atoms with E-state index in [1.807, 2.05) is 0 Å². The standard InChI is InChI=1S/C23H25NO7/c1-28-16-11-10-15(12-17(16)29-2)20-19(21(25)14-8-6-5-7-9-14)22(26)23(27)24(20)13-18(30-3)31-4/h5-12,18,20,25H,13H2,1-4H3/t20-/m1/s1. The fraction of sp³-hybridized carbons (Fsp3) is 0.304. The van der Waals surface area contributed by atoms with E-state index in [9.17, 15) is 14.7 Å². The molecule has 1 amide bonds. The molecule has 0 saturated carbocycles. The van der Waals surface area contributed by atoms with E-state index in [4.69, 9.17) is 18.9 Å². The number of nitrogens with zero attached hydrogens (tertiary/aromatic N) is 1. The number of carbonyl (C=O) groups excluding carboxylic acids is 2. The topological polar surface area (TPSA) is 94.5 Å². The van der Waals surface area contributed by atoms with Crippen LogP contribution in [-0.4, -0.2) is 63.0 Å². The van der Waals surface area contributed by atoms with Gasteiger partial charge in [0.05, 0.1) is 32.4 Å². The molecule has 0 radical (unpaired) electrons. The number of likely N-dealkylation sites (tertiary alicyclic amines) is 1. The largest absolute Gasteiger partial charge is 0.507 e. The van der Waals surface area contributed by atoms with Crippen LogP contribution in [0.5, 0.6) is 11.5 Å². The molecule has 1 atom stereocenters. The van der Waals surface area contributed by atoms with Gasteiger partial charge in [0, 0.05) is 19.8 Å². The van der Waals surface area contributed by atoms with Crippen molar-refractivity contribution in [2.75, 3.05) is 35.0 Å². The lowest BCUT2D eigenvalue weighted by Crippen LogP contribution is -2.38. The average Bonchev–Trinajstić information content (AvgIpc) is 3.06. The number of hydrogen-bond acceptors (Lipinski definition) is 7. The van der Waals surface area contributed by atoms with E-state index >= 15 is 0 Å². The molecule has 8 heteroatoms. The second kappa shape index (κ2) is 9.63. The summed E-state index contributed by atoms with van der Waals surface area (Å²) in [5.41, 5.74) is 0.982. The van der Waals surface area contributed by atoms with Gasteiger partial charge >= 0.3 is 0 Å². The van der Waals surface area contributed by atoms with Gasteiger partial charge in [-0.25, -0.2) is 0 Å². The molecule has 0 bridgehead atoms. The second-order valence-electron chi connectivity index (χ2n) is 6.83. The van der Waals surface area contributed by atoms with Crippen molar-refractivity contribution in [3.05, 3.63) is 65.2 Å². The number of aliphatic hydroxyl groups is 1. The maximum Gasteiger partial charge on any atom is 0.295 e. The van der Waals surface area contributed by atoms with Crippen LogP contribution in [0.15, 0.2) is 54.1 Å². The smallest absolute Gasteiger partial charge is 0.295 e. The Bertz CT molecular complexity index is 983. The molecule has 1 aliphatic rings. The lowest BCUT2D eigenvalue weighted by Gasteiger charge is -2.28. The molecule has 1 heterocycles. The summed E-state index contributed by atoms with van der Waals surface area (Å²) in [4.78, 5) is 27.3. The van der Waals surface area contributed by atoms with Gasteiger partial charge in [-0.15, -0.1) is 0 Å². The molecule has 0 aliphatic carbocycles. The lowest BCUT2D eigenvalue weighted by atomic mass is 9.95. The van der Waals surface area contributed by atoms with Gasteiger partial charge in [-0.2, -0.15) is 0 Å². The zero-order valence-corrected chi connectivity index (χ0v) is 17.8. The van der Waals surface area contributed by atoms with Crippen LogP contribution in [0.3, 0.4) is 0 Å². The van der Waals surface area contributed by atoms with E-state index in [1.165, 1.54) is 33.3 Å². The summed E-state index contributed by atoms with van der Waals surface area (Å²) < 4.78 is 21.2. The van der Waals surface area contributed by atoms with E-state index in [2.05, 4.69) is 0 Å². The third-order valence-electron chi connectivity index (χ3n) is 5.18. The van der Waals surface area contributed by atoms with Crippen molar-refractivity contribution < 1.29 is 33.6 Å². The molecule has 164 valence electrons. The average molecular weight is 427 g/mol. The summed E-state index contributed by atoms with van der Waals surface area (Å²) in [6.07, 6.45) is -0.752. The Morgan fingerprint density at radius 1 is 0.968 bits per heavy atom. The van der Waals surface area contributed by atoms with Crippen molar-refractivity contribution in [1.82, 2.24) is 4.90 Å². The van der Waals surface area contributed by atoms with Crippen LogP contribution in [0.4, 0.5) is 0 Å². The predicted octanol–water partition coefficient (Wildman–Crippen LogP) is 2.74. The fourth-order valence-electron chi connectivity index (χ4n) is 3.60. The maximum atomic E-state index is 13.0. The minimum Gasteiger partial charge on any atom is -0.507 e. The molecule has 0 spiro atoms. The Morgan fingerprint density at radius 2 is 1.61 bits per heavy atom. The van der Waals surface area contributed by atoms with Crippen LogP contribution in [0.25, 0.3) is 5.76 Å². The molecular weight excluding hydrogens is 402 g/mol. The van der Waals surface area contributed by atoms with Crippen molar-refractivity contribution in [3.63, 3.8) is 0 Å². The number of carbonyl (C=O) groups is 2. The molecule has 1 aliphatic heterocycles. The van der Waals surface area contributed by atoms with Gasteiger partial charge in [0.1, 0.15) is 5.76 Å². The first kappa shape index (κ1) is 22.3. The zero-order valence-electron chi connectivity index (χ0n) is 17.8. The highest BCUT2D eigenvalue weighted by Crippen LogP contribution is 2.42. The Morgan fingerprint density at radius 3 is 2.19 bits per heavy atom. The normalized spacial score (nSPS) is 18.0. The number of methoxy groups -OCH3 is 4. The molecule has 1 fully saturated rings. The molecule has 2 aromatic carbocycles. The number of aliphatic hydroxyl groups excluding tert-OH is 1. The number of ether oxygens (including phenoxy) is 4. The highest BCUT2D eigenvalue weighted by Gasteiger charge is 2.47. The minimum atomic E-state index is -0.868. The summed E-state index contributed by atoms with van der Waals surface area (Å²) in [6.45, 7) is -0.0118. The van der Waals surface area contributed by atoms with E-state index in [-0.39, 0.29) is 17.9 Å². The van der Waals surface area contributed by atoms with Crippen LogP contribution in [-0.2, 0) is 19.1 Å². The SMILES string of the molecule is COc1ccc([C@@H]2C(=C(O)c3ccccc3)C(=O)C(=O)N2CC(OC)OC)cc1OC. The lowest BCUT2D eigenvalue weighted by molar-refractivity contribution is -0.149. The molecule has 1 N–H and O–H groups in total. The first-order chi connectivity index (χ1) is 15.0. The maximum absolute atomic E-state index is 13.0. The fourth-order valence-corrected chi connectivity index (χ4v) is 3.60. The molecule has 8 nitrogen and oxygen atoms in total. The number of Topliss-reactive ketones (excluding diaryl/α,β-unsaturated/α-hetero) is 1. The molecular formula is C23H25NO7. The monoisotopic (exact) mass is 427 g/mol. The van der Waals surface area contributed by atoms with Crippen molar-refractivity contribution in [2.45, 2.75) is 12.3 Å². The van der Waals surface area contributed by atoms with Gasteiger partial charge in [-0.05, 0) is 17.7 Å². The zero-order chi connectivity index (χ0) is 22.5. The van der Waals surface area contributed by atoms with Crippen LogP contribution in [0.2, 0.25) is 0 Å². The molecule has 1 saturated heterocycles. The molecule has 31 heavy (non-hydrogen) atoms. The van der Waals surface area contributed by atoms with Gasteiger partial charge in [-0.3, -0.25) is 9.59 Å². The molecule has 3 rings (SSSR count). The van der Waals surface area contributed by atoms with Gasteiger partial charge in [0.15, 0.2) is 17.8 Å². The van der Waals surface area contributed by atoms with E-state index in [0.717, 1.165) is 0 Å².